The smallest absolute Gasteiger partial charge is 0.268 e. The summed E-state index contributed by atoms with van der Waals surface area (Å²) in [6.45, 7) is 0. The quantitative estimate of drug-likeness (QED) is 0.530. The molecule has 3 aromatic heterocycles. The number of nitriles is 1. The lowest BCUT2D eigenvalue weighted by molar-refractivity contribution is 0.409. The standard InChI is InChI=1S/C17H9N5OS/c18-9-11(17-21-16(22-23-17)15-6-3-7-24-15)8-12-10-19-13-4-1-2-5-14(13)20-12/h1-8,10H/b11-8+. The van der Waals surface area contributed by atoms with E-state index in [-0.39, 0.29) is 11.5 Å². The second-order valence-electron chi connectivity index (χ2n) is 4.85. The first-order valence-corrected chi connectivity index (χ1v) is 7.93. The number of hydrogen-bond acceptors (Lipinski definition) is 7. The molecule has 0 aliphatic carbocycles. The van der Waals surface area contributed by atoms with E-state index in [0.717, 1.165) is 15.9 Å². The molecule has 114 valence electrons. The van der Waals surface area contributed by atoms with E-state index in [0.29, 0.717) is 11.5 Å². The third-order valence-corrected chi connectivity index (χ3v) is 4.14. The van der Waals surface area contributed by atoms with Gasteiger partial charge in [-0.15, -0.1) is 11.3 Å². The molecule has 0 fully saturated rings. The molecule has 0 radical (unpaired) electrons. The lowest BCUT2D eigenvalue weighted by atomic mass is 10.2. The van der Waals surface area contributed by atoms with Gasteiger partial charge in [-0.3, -0.25) is 4.98 Å². The fourth-order valence-corrected chi connectivity index (χ4v) is 2.82. The van der Waals surface area contributed by atoms with Crippen molar-refractivity contribution in [2.75, 3.05) is 0 Å². The van der Waals surface area contributed by atoms with Crippen LogP contribution in [0.25, 0.3) is 33.4 Å². The second-order valence-corrected chi connectivity index (χ2v) is 5.80. The van der Waals surface area contributed by atoms with Crippen LogP contribution in [0.15, 0.2) is 52.5 Å². The number of hydrogen-bond donors (Lipinski definition) is 0. The van der Waals surface area contributed by atoms with E-state index in [1.165, 1.54) is 11.3 Å². The van der Waals surface area contributed by atoms with Gasteiger partial charge in [-0.2, -0.15) is 10.2 Å². The van der Waals surface area contributed by atoms with Crippen molar-refractivity contribution in [2.24, 2.45) is 0 Å². The molecule has 1 aromatic carbocycles. The zero-order chi connectivity index (χ0) is 16.4. The summed E-state index contributed by atoms with van der Waals surface area (Å²) in [6, 6.07) is 13.4. The van der Waals surface area contributed by atoms with E-state index < -0.39 is 0 Å². The molecule has 7 heteroatoms. The van der Waals surface area contributed by atoms with Crippen LogP contribution < -0.4 is 0 Å². The molecule has 0 unspecified atom stereocenters. The Morgan fingerprint density at radius 2 is 2.00 bits per heavy atom. The molecule has 0 spiro atoms. The van der Waals surface area contributed by atoms with Gasteiger partial charge in [0.2, 0.25) is 5.82 Å². The molecule has 0 N–H and O–H groups in total. The van der Waals surface area contributed by atoms with Crippen LogP contribution >= 0.6 is 11.3 Å². The molecule has 0 bridgehead atoms. The Morgan fingerprint density at radius 1 is 1.12 bits per heavy atom. The van der Waals surface area contributed by atoms with Gasteiger partial charge in [-0.1, -0.05) is 23.4 Å². The minimum atomic E-state index is 0.163. The summed E-state index contributed by atoms with van der Waals surface area (Å²) in [5, 5.41) is 15.2. The van der Waals surface area contributed by atoms with Gasteiger partial charge < -0.3 is 4.52 Å². The third-order valence-electron chi connectivity index (χ3n) is 3.28. The van der Waals surface area contributed by atoms with E-state index >= 15 is 0 Å². The third kappa shape index (κ3) is 2.66. The molecule has 0 aliphatic rings. The molecule has 0 saturated carbocycles. The van der Waals surface area contributed by atoms with Crippen molar-refractivity contribution in [2.45, 2.75) is 0 Å². The Hall–Kier alpha value is -3.37. The zero-order valence-corrected chi connectivity index (χ0v) is 13.1. The average Bonchev–Trinajstić information content (AvgIpc) is 3.30. The van der Waals surface area contributed by atoms with Crippen molar-refractivity contribution in [3.05, 3.63) is 59.6 Å². The van der Waals surface area contributed by atoms with Crippen molar-refractivity contribution in [1.82, 2.24) is 20.1 Å². The van der Waals surface area contributed by atoms with Crippen LogP contribution in [0.3, 0.4) is 0 Å². The minimum absolute atomic E-state index is 0.163. The van der Waals surface area contributed by atoms with Crippen LogP contribution in [0.2, 0.25) is 0 Å². The Balaban J connectivity index is 1.72. The maximum Gasteiger partial charge on any atom is 0.268 e. The number of rotatable bonds is 3. The molecule has 0 amide bonds. The maximum absolute atomic E-state index is 9.40. The van der Waals surface area contributed by atoms with Gasteiger partial charge in [-0.05, 0) is 29.7 Å². The summed E-state index contributed by atoms with van der Waals surface area (Å²) in [4.78, 5) is 14.0. The van der Waals surface area contributed by atoms with Gasteiger partial charge in [0.05, 0.1) is 27.8 Å². The van der Waals surface area contributed by atoms with E-state index in [2.05, 4.69) is 26.2 Å². The van der Waals surface area contributed by atoms with Crippen LogP contribution in [0.5, 0.6) is 0 Å². The minimum Gasteiger partial charge on any atom is -0.333 e. The first-order valence-electron chi connectivity index (χ1n) is 7.05. The molecular formula is C17H9N5OS. The first kappa shape index (κ1) is 14.2. The highest BCUT2D eigenvalue weighted by Gasteiger charge is 2.14. The van der Waals surface area contributed by atoms with Gasteiger partial charge in [0.15, 0.2) is 0 Å². The summed E-state index contributed by atoms with van der Waals surface area (Å²) in [6.07, 6.45) is 3.20. The van der Waals surface area contributed by atoms with Gasteiger partial charge in [0.1, 0.15) is 11.6 Å². The van der Waals surface area contributed by atoms with Crippen molar-refractivity contribution in [1.29, 1.82) is 5.26 Å². The van der Waals surface area contributed by atoms with Gasteiger partial charge in [0.25, 0.3) is 5.89 Å². The number of aromatic nitrogens is 4. The Labute approximate surface area is 140 Å². The summed E-state index contributed by atoms with van der Waals surface area (Å²) < 4.78 is 5.21. The molecular weight excluding hydrogens is 322 g/mol. The fourth-order valence-electron chi connectivity index (χ4n) is 2.17. The largest absolute Gasteiger partial charge is 0.333 e. The van der Waals surface area contributed by atoms with Crippen molar-refractivity contribution in [3.63, 3.8) is 0 Å². The first-order chi connectivity index (χ1) is 11.8. The van der Waals surface area contributed by atoms with Crippen LogP contribution in [-0.2, 0) is 0 Å². The highest BCUT2D eigenvalue weighted by atomic mass is 32.1. The van der Waals surface area contributed by atoms with Crippen LogP contribution in [0.1, 0.15) is 11.6 Å². The lowest BCUT2D eigenvalue weighted by Crippen LogP contribution is -1.89. The van der Waals surface area contributed by atoms with Crippen LogP contribution in [0.4, 0.5) is 0 Å². The van der Waals surface area contributed by atoms with Gasteiger partial charge >= 0.3 is 0 Å². The summed E-state index contributed by atoms with van der Waals surface area (Å²) in [5.74, 6) is 0.626. The number of nitrogens with zero attached hydrogens (tertiary/aromatic N) is 5. The monoisotopic (exact) mass is 331 g/mol. The van der Waals surface area contributed by atoms with Gasteiger partial charge in [-0.25, -0.2) is 4.98 Å². The van der Waals surface area contributed by atoms with E-state index in [1.54, 1.807) is 12.3 Å². The van der Waals surface area contributed by atoms with Crippen LogP contribution in [-0.4, -0.2) is 20.1 Å². The Morgan fingerprint density at radius 3 is 2.79 bits per heavy atom. The number of benzene rings is 1. The van der Waals surface area contributed by atoms with Crippen molar-refractivity contribution in [3.8, 4) is 16.8 Å². The van der Waals surface area contributed by atoms with Crippen LogP contribution in [0, 0.1) is 11.3 Å². The second kappa shape index (κ2) is 6.02. The van der Waals surface area contributed by atoms with E-state index in [9.17, 15) is 5.26 Å². The molecule has 4 aromatic rings. The zero-order valence-electron chi connectivity index (χ0n) is 12.2. The number of fused-ring (bicyclic) bond motifs is 1. The molecule has 0 aliphatic heterocycles. The van der Waals surface area contributed by atoms with E-state index in [1.807, 2.05) is 41.8 Å². The molecule has 24 heavy (non-hydrogen) atoms. The predicted molar refractivity (Wildman–Crippen MR) is 90.6 cm³/mol. The van der Waals surface area contributed by atoms with Crippen molar-refractivity contribution >= 4 is 34.0 Å². The van der Waals surface area contributed by atoms with E-state index in [4.69, 9.17) is 4.52 Å². The molecule has 6 nitrogen and oxygen atoms in total. The number of para-hydroxylation sites is 2. The molecule has 4 rings (SSSR count). The maximum atomic E-state index is 9.40. The van der Waals surface area contributed by atoms with Crippen molar-refractivity contribution < 1.29 is 4.52 Å². The SMILES string of the molecule is N#C/C(=C\c1cnc2ccccc2n1)c1nc(-c2cccs2)no1. The topological polar surface area (TPSA) is 88.5 Å². The Kier molecular flexibility index (Phi) is 3.57. The predicted octanol–water partition coefficient (Wildman–Crippen LogP) is 3.81. The van der Waals surface area contributed by atoms with Gasteiger partial charge in [0, 0.05) is 0 Å². The molecule has 0 saturated heterocycles. The molecule has 0 atom stereocenters. The Bertz CT molecular complexity index is 1080. The average molecular weight is 331 g/mol. The number of thiophene rings is 1. The highest BCUT2D eigenvalue weighted by molar-refractivity contribution is 7.13. The molecule has 3 heterocycles. The fraction of sp³-hybridized carbons (Fsp3) is 0. The number of allylic oxidation sites excluding steroid dienone is 1. The highest BCUT2D eigenvalue weighted by Crippen LogP contribution is 2.24. The summed E-state index contributed by atoms with van der Waals surface area (Å²) in [7, 11) is 0. The normalized spacial score (nSPS) is 11.5. The summed E-state index contributed by atoms with van der Waals surface area (Å²) >= 11 is 1.50. The summed E-state index contributed by atoms with van der Waals surface area (Å²) in [5.41, 5.74) is 2.36. The lowest BCUT2D eigenvalue weighted by Gasteiger charge is -1.97.